The van der Waals surface area contributed by atoms with E-state index < -0.39 is 0 Å². The van der Waals surface area contributed by atoms with Gasteiger partial charge < -0.3 is 11.1 Å². The number of nitrogens with one attached hydrogen (secondary N) is 1. The van der Waals surface area contributed by atoms with E-state index in [1.165, 1.54) is 25.7 Å². The molecule has 1 aromatic rings. The summed E-state index contributed by atoms with van der Waals surface area (Å²) in [4.78, 5) is 12.3. The molecule has 0 aliphatic heterocycles. The zero-order valence-electron chi connectivity index (χ0n) is 12.1. The third-order valence-corrected chi connectivity index (χ3v) is 5.23. The van der Waals surface area contributed by atoms with Crippen LogP contribution in [0, 0.1) is 17.8 Å². The SMILES string of the molecule is CC(C(=O)NCC1CC2CCC1C2)c1cccc(N)c1. The molecule has 20 heavy (non-hydrogen) atoms. The highest BCUT2D eigenvalue weighted by Crippen LogP contribution is 2.47. The summed E-state index contributed by atoms with van der Waals surface area (Å²) in [5, 5.41) is 3.15. The Bertz CT molecular complexity index is 500. The van der Waals surface area contributed by atoms with Gasteiger partial charge in [-0.3, -0.25) is 4.79 Å². The number of anilines is 1. The molecular weight excluding hydrogens is 248 g/mol. The summed E-state index contributed by atoms with van der Waals surface area (Å²) in [7, 11) is 0. The second-order valence-electron chi connectivity index (χ2n) is 6.57. The first kappa shape index (κ1) is 13.5. The van der Waals surface area contributed by atoms with E-state index in [0.717, 1.165) is 29.6 Å². The van der Waals surface area contributed by atoms with Gasteiger partial charge in [-0.2, -0.15) is 0 Å². The van der Waals surface area contributed by atoms with E-state index in [9.17, 15) is 4.79 Å². The molecule has 0 aromatic heterocycles. The minimum Gasteiger partial charge on any atom is -0.399 e. The number of fused-ring (bicyclic) bond motifs is 2. The van der Waals surface area contributed by atoms with Crippen molar-refractivity contribution in [2.24, 2.45) is 17.8 Å². The predicted molar refractivity (Wildman–Crippen MR) is 81.2 cm³/mol. The maximum atomic E-state index is 12.3. The fourth-order valence-electron chi connectivity index (χ4n) is 3.99. The van der Waals surface area contributed by atoms with Crippen LogP contribution in [-0.4, -0.2) is 12.5 Å². The van der Waals surface area contributed by atoms with Gasteiger partial charge in [0.1, 0.15) is 0 Å². The molecular formula is C17H24N2O. The van der Waals surface area contributed by atoms with Crippen molar-refractivity contribution in [3.63, 3.8) is 0 Å². The van der Waals surface area contributed by atoms with Crippen LogP contribution < -0.4 is 11.1 Å². The van der Waals surface area contributed by atoms with Crippen LogP contribution in [0.5, 0.6) is 0 Å². The van der Waals surface area contributed by atoms with Gasteiger partial charge in [0.25, 0.3) is 0 Å². The number of nitrogens with two attached hydrogens (primary N) is 1. The topological polar surface area (TPSA) is 55.1 Å². The van der Waals surface area contributed by atoms with Crippen LogP contribution in [0.15, 0.2) is 24.3 Å². The van der Waals surface area contributed by atoms with Crippen LogP contribution in [0.2, 0.25) is 0 Å². The van der Waals surface area contributed by atoms with E-state index in [-0.39, 0.29) is 11.8 Å². The summed E-state index contributed by atoms with van der Waals surface area (Å²) >= 11 is 0. The number of nitrogen functional groups attached to an aromatic ring is 1. The molecule has 2 aliphatic rings. The maximum absolute atomic E-state index is 12.3. The van der Waals surface area contributed by atoms with Crippen molar-refractivity contribution in [3.05, 3.63) is 29.8 Å². The van der Waals surface area contributed by atoms with Crippen molar-refractivity contribution in [3.8, 4) is 0 Å². The monoisotopic (exact) mass is 272 g/mol. The molecule has 2 bridgehead atoms. The number of hydrogen-bond acceptors (Lipinski definition) is 2. The number of rotatable bonds is 4. The number of carbonyl (C=O) groups is 1. The van der Waals surface area contributed by atoms with Crippen LogP contribution in [0.3, 0.4) is 0 Å². The molecule has 108 valence electrons. The predicted octanol–water partition coefficient (Wildman–Crippen LogP) is 2.92. The van der Waals surface area contributed by atoms with Crippen LogP contribution in [0.1, 0.15) is 44.1 Å². The summed E-state index contributed by atoms with van der Waals surface area (Å²) in [6.07, 6.45) is 5.49. The van der Waals surface area contributed by atoms with E-state index in [0.29, 0.717) is 5.92 Å². The first-order chi connectivity index (χ1) is 9.63. The Kier molecular flexibility index (Phi) is 3.68. The highest BCUT2D eigenvalue weighted by Gasteiger charge is 2.39. The normalized spacial score (nSPS) is 29.4. The van der Waals surface area contributed by atoms with Gasteiger partial charge in [-0.15, -0.1) is 0 Å². The lowest BCUT2D eigenvalue weighted by molar-refractivity contribution is -0.122. The van der Waals surface area contributed by atoms with E-state index in [1.807, 2.05) is 31.2 Å². The van der Waals surface area contributed by atoms with E-state index in [4.69, 9.17) is 5.73 Å². The molecule has 2 saturated carbocycles. The van der Waals surface area contributed by atoms with Gasteiger partial charge >= 0.3 is 0 Å². The molecule has 2 aliphatic carbocycles. The second-order valence-corrected chi connectivity index (χ2v) is 6.57. The van der Waals surface area contributed by atoms with Crippen LogP contribution >= 0.6 is 0 Å². The molecule has 3 rings (SSSR count). The first-order valence-electron chi connectivity index (χ1n) is 7.76. The smallest absolute Gasteiger partial charge is 0.227 e. The minimum atomic E-state index is -0.128. The van der Waals surface area contributed by atoms with E-state index >= 15 is 0 Å². The molecule has 0 radical (unpaired) electrons. The first-order valence-corrected chi connectivity index (χ1v) is 7.76. The van der Waals surface area contributed by atoms with E-state index in [2.05, 4.69) is 5.32 Å². The molecule has 1 aromatic carbocycles. The fourth-order valence-corrected chi connectivity index (χ4v) is 3.99. The summed E-state index contributed by atoms with van der Waals surface area (Å²) in [5.74, 6) is 2.51. The quantitative estimate of drug-likeness (QED) is 0.828. The van der Waals surface area contributed by atoms with Crippen molar-refractivity contribution in [2.75, 3.05) is 12.3 Å². The minimum absolute atomic E-state index is 0.123. The average Bonchev–Trinajstić information content (AvgIpc) is 3.06. The molecule has 1 amide bonds. The summed E-state index contributed by atoms with van der Waals surface area (Å²) in [6.45, 7) is 2.80. The van der Waals surface area contributed by atoms with Crippen LogP contribution in [0.25, 0.3) is 0 Å². The van der Waals surface area contributed by atoms with Gasteiger partial charge in [0, 0.05) is 12.2 Å². The molecule has 4 unspecified atom stereocenters. The molecule has 0 spiro atoms. The molecule has 0 heterocycles. The number of benzene rings is 1. The van der Waals surface area contributed by atoms with Crippen molar-refractivity contribution >= 4 is 11.6 Å². The lowest BCUT2D eigenvalue weighted by atomic mass is 9.88. The molecule has 3 N–H and O–H groups in total. The average molecular weight is 272 g/mol. The van der Waals surface area contributed by atoms with Crippen LogP contribution in [-0.2, 0) is 4.79 Å². The number of carbonyl (C=O) groups excluding carboxylic acids is 1. The lowest BCUT2D eigenvalue weighted by Gasteiger charge is -2.23. The van der Waals surface area contributed by atoms with Gasteiger partial charge in [-0.25, -0.2) is 0 Å². The largest absolute Gasteiger partial charge is 0.399 e. The fraction of sp³-hybridized carbons (Fsp3) is 0.588. The standard InChI is InChI=1S/C17H24N2O/c1-11(13-3-2-4-16(18)9-13)17(20)19-10-15-8-12-5-6-14(15)7-12/h2-4,9,11-12,14-15H,5-8,10,18H2,1H3,(H,19,20). The molecule has 3 nitrogen and oxygen atoms in total. The molecule has 3 heteroatoms. The Morgan fingerprint density at radius 3 is 2.90 bits per heavy atom. The Morgan fingerprint density at radius 2 is 2.25 bits per heavy atom. The third kappa shape index (κ3) is 2.67. The Morgan fingerprint density at radius 1 is 1.40 bits per heavy atom. The number of amides is 1. The van der Waals surface area contributed by atoms with Gasteiger partial charge in [-0.1, -0.05) is 18.6 Å². The highest BCUT2D eigenvalue weighted by molar-refractivity contribution is 5.83. The van der Waals surface area contributed by atoms with Crippen molar-refractivity contribution in [2.45, 2.75) is 38.5 Å². The van der Waals surface area contributed by atoms with Gasteiger partial charge in [-0.05, 0) is 61.6 Å². The highest BCUT2D eigenvalue weighted by atomic mass is 16.1. The Labute approximate surface area is 120 Å². The summed E-state index contributed by atoms with van der Waals surface area (Å²) in [5.41, 5.74) is 7.49. The third-order valence-electron chi connectivity index (χ3n) is 5.23. The second kappa shape index (κ2) is 5.47. The Hall–Kier alpha value is -1.51. The van der Waals surface area contributed by atoms with Gasteiger partial charge in [0.05, 0.1) is 5.92 Å². The zero-order valence-corrected chi connectivity index (χ0v) is 12.1. The van der Waals surface area contributed by atoms with Crippen LogP contribution in [0.4, 0.5) is 5.69 Å². The summed E-state index contributed by atoms with van der Waals surface area (Å²) in [6, 6.07) is 7.62. The molecule has 4 atom stereocenters. The summed E-state index contributed by atoms with van der Waals surface area (Å²) < 4.78 is 0. The van der Waals surface area contributed by atoms with E-state index in [1.54, 1.807) is 0 Å². The van der Waals surface area contributed by atoms with Crippen molar-refractivity contribution < 1.29 is 4.79 Å². The Balaban J connectivity index is 1.54. The number of hydrogen-bond donors (Lipinski definition) is 2. The van der Waals surface area contributed by atoms with Gasteiger partial charge in [0.2, 0.25) is 5.91 Å². The van der Waals surface area contributed by atoms with Gasteiger partial charge in [0.15, 0.2) is 0 Å². The van der Waals surface area contributed by atoms with Crippen molar-refractivity contribution in [1.82, 2.24) is 5.32 Å². The maximum Gasteiger partial charge on any atom is 0.227 e. The lowest BCUT2D eigenvalue weighted by Crippen LogP contribution is -2.34. The van der Waals surface area contributed by atoms with Crippen molar-refractivity contribution in [1.29, 1.82) is 0 Å². The zero-order chi connectivity index (χ0) is 14.1. The molecule has 2 fully saturated rings. The molecule has 0 saturated heterocycles.